The van der Waals surface area contributed by atoms with E-state index in [0.717, 1.165) is 37.3 Å². The third-order valence-electron chi connectivity index (χ3n) is 3.77. The summed E-state index contributed by atoms with van der Waals surface area (Å²) in [5.74, 6) is 0. The fourth-order valence-corrected chi connectivity index (χ4v) is 2.90. The summed E-state index contributed by atoms with van der Waals surface area (Å²) in [7, 11) is 0. The molecule has 1 aromatic rings. The van der Waals surface area contributed by atoms with Crippen molar-refractivity contribution in [1.29, 1.82) is 0 Å². The minimum absolute atomic E-state index is 0.0425. The quantitative estimate of drug-likeness (QED) is 0.428. The molecule has 1 saturated carbocycles. The van der Waals surface area contributed by atoms with Gasteiger partial charge in [0.05, 0.1) is 6.61 Å². The SMILES string of the molecule is CCOCC1(c2ccccc2N=[N+]=[N-])CCCC1. The van der Waals surface area contributed by atoms with E-state index in [1.165, 1.54) is 12.8 Å². The average molecular weight is 245 g/mol. The molecule has 4 nitrogen and oxygen atoms in total. The molecule has 0 saturated heterocycles. The average Bonchev–Trinajstić information content (AvgIpc) is 2.87. The van der Waals surface area contributed by atoms with E-state index in [1.807, 2.05) is 25.1 Å². The van der Waals surface area contributed by atoms with E-state index in [9.17, 15) is 0 Å². The zero-order valence-corrected chi connectivity index (χ0v) is 10.8. The third kappa shape index (κ3) is 2.50. The largest absolute Gasteiger partial charge is 0.381 e. The summed E-state index contributed by atoms with van der Waals surface area (Å²) in [5.41, 5.74) is 10.6. The summed E-state index contributed by atoms with van der Waals surface area (Å²) in [5, 5.41) is 3.83. The monoisotopic (exact) mass is 245 g/mol. The van der Waals surface area contributed by atoms with E-state index in [-0.39, 0.29) is 5.41 Å². The van der Waals surface area contributed by atoms with Gasteiger partial charge >= 0.3 is 0 Å². The maximum atomic E-state index is 8.67. The Balaban J connectivity index is 2.39. The van der Waals surface area contributed by atoms with Crippen LogP contribution in [0.5, 0.6) is 0 Å². The Bertz CT molecular complexity index is 446. The molecule has 96 valence electrons. The summed E-state index contributed by atoms with van der Waals surface area (Å²) < 4.78 is 5.67. The number of hydrogen-bond acceptors (Lipinski definition) is 2. The molecule has 4 heteroatoms. The molecule has 1 aromatic carbocycles. The highest BCUT2D eigenvalue weighted by Gasteiger charge is 2.37. The van der Waals surface area contributed by atoms with Crippen molar-refractivity contribution in [3.8, 4) is 0 Å². The van der Waals surface area contributed by atoms with Gasteiger partial charge in [-0.2, -0.15) is 0 Å². The van der Waals surface area contributed by atoms with E-state index >= 15 is 0 Å². The Hall–Kier alpha value is -1.51. The summed E-state index contributed by atoms with van der Waals surface area (Å²) in [4.78, 5) is 2.93. The van der Waals surface area contributed by atoms with Crippen molar-refractivity contribution in [1.82, 2.24) is 0 Å². The fourth-order valence-electron chi connectivity index (χ4n) is 2.90. The molecule has 0 aliphatic heterocycles. The van der Waals surface area contributed by atoms with Gasteiger partial charge in [0.25, 0.3) is 0 Å². The molecule has 0 spiro atoms. The first-order chi connectivity index (χ1) is 8.82. The third-order valence-corrected chi connectivity index (χ3v) is 3.77. The maximum absolute atomic E-state index is 8.67. The van der Waals surface area contributed by atoms with Crippen molar-refractivity contribution in [3.63, 3.8) is 0 Å². The first kappa shape index (κ1) is 12.9. The lowest BCUT2D eigenvalue weighted by Crippen LogP contribution is -2.28. The van der Waals surface area contributed by atoms with Crippen molar-refractivity contribution in [2.45, 2.75) is 38.0 Å². The van der Waals surface area contributed by atoms with E-state index in [2.05, 4.69) is 16.1 Å². The number of benzene rings is 1. The predicted molar refractivity (Wildman–Crippen MR) is 71.9 cm³/mol. The predicted octanol–water partition coefficient (Wildman–Crippen LogP) is 4.48. The van der Waals surface area contributed by atoms with Crippen molar-refractivity contribution in [3.05, 3.63) is 40.3 Å². The minimum atomic E-state index is 0.0425. The Kier molecular flexibility index (Phi) is 4.24. The second kappa shape index (κ2) is 5.89. The van der Waals surface area contributed by atoms with Crippen LogP contribution in [0.1, 0.15) is 38.2 Å². The summed E-state index contributed by atoms with van der Waals surface area (Å²) in [6, 6.07) is 7.89. The first-order valence-electron chi connectivity index (χ1n) is 6.55. The van der Waals surface area contributed by atoms with Gasteiger partial charge in [-0.1, -0.05) is 42.2 Å². The molecule has 0 amide bonds. The summed E-state index contributed by atoms with van der Waals surface area (Å²) in [6.45, 7) is 3.47. The van der Waals surface area contributed by atoms with Gasteiger partial charge in [-0.05, 0) is 30.9 Å². The van der Waals surface area contributed by atoms with Crippen LogP contribution in [0.2, 0.25) is 0 Å². The minimum Gasteiger partial charge on any atom is -0.381 e. The highest BCUT2D eigenvalue weighted by atomic mass is 16.5. The van der Waals surface area contributed by atoms with Crippen LogP contribution in [0.15, 0.2) is 29.4 Å². The standard InChI is InChI=1S/C14H19N3O/c1-2-18-11-14(9-5-6-10-14)12-7-3-4-8-13(12)16-17-15/h3-4,7-8H,2,5-6,9-11H2,1H3. The van der Waals surface area contributed by atoms with Gasteiger partial charge in [0.1, 0.15) is 0 Å². The van der Waals surface area contributed by atoms with Crippen molar-refractivity contribution >= 4 is 5.69 Å². The van der Waals surface area contributed by atoms with E-state index < -0.39 is 0 Å². The van der Waals surface area contributed by atoms with Crippen molar-refractivity contribution in [2.75, 3.05) is 13.2 Å². The summed E-state index contributed by atoms with van der Waals surface area (Å²) in [6.07, 6.45) is 4.67. The van der Waals surface area contributed by atoms with Crippen molar-refractivity contribution in [2.24, 2.45) is 5.11 Å². The van der Waals surface area contributed by atoms with Crippen LogP contribution in [-0.2, 0) is 10.2 Å². The lowest BCUT2D eigenvalue weighted by Gasteiger charge is -2.30. The molecule has 18 heavy (non-hydrogen) atoms. The van der Waals surface area contributed by atoms with Gasteiger partial charge < -0.3 is 4.74 Å². The smallest absolute Gasteiger partial charge is 0.0562 e. The second-order valence-corrected chi connectivity index (χ2v) is 4.83. The molecule has 0 aromatic heterocycles. The second-order valence-electron chi connectivity index (χ2n) is 4.83. The molecule has 1 aliphatic carbocycles. The maximum Gasteiger partial charge on any atom is 0.0562 e. The van der Waals surface area contributed by atoms with Crippen LogP contribution in [0.3, 0.4) is 0 Å². The zero-order chi connectivity index (χ0) is 12.8. The van der Waals surface area contributed by atoms with Crippen LogP contribution in [-0.4, -0.2) is 13.2 Å². The van der Waals surface area contributed by atoms with Crippen LogP contribution >= 0.6 is 0 Å². The lowest BCUT2D eigenvalue weighted by atomic mass is 9.79. The Labute approximate surface area is 108 Å². The molecule has 0 unspecified atom stereocenters. The van der Waals surface area contributed by atoms with Gasteiger partial charge in [-0.3, -0.25) is 0 Å². The molecule has 0 N–H and O–H groups in total. The van der Waals surface area contributed by atoms with E-state index in [4.69, 9.17) is 10.3 Å². The van der Waals surface area contributed by atoms with E-state index in [0.29, 0.717) is 0 Å². The molecule has 0 heterocycles. The van der Waals surface area contributed by atoms with Gasteiger partial charge in [0, 0.05) is 22.6 Å². The zero-order valence-electron chi connectivity index (χ0n) is 10.8. The normalized spacial score (nSPS) is 17.4. The van der Waals surface area contributed by atoms with Gasteiger partial charge in [-0.15, -0.1) is 0 Å². The number of rotatable bonds is 5. The molecule has 1 aliphatic rings. The van der Waals surface area contributed by atoms with Crippen LogP contribution in [0.4, 0.5) is 5.69 Å². The molecular weight excluding hydrogens is 226 g/mol. The Morgan fingerprint density at radius 1 is 1.33 bits per heavy atom. The van der Waals surface area contributed by atoms with Crippen molar-refractivity contribution < 1.29 is 4.74 Å². The van der Waals surface area contributed by atoms with E-state index in [1.54, 1.807) is 0 Å². The van der Waals surface area contributed by atoms with Crippen LogP contribution < -0.4 is 0 Å². The fraction of sp³-hybridized carbons (Fsp3) is 0.571. The molecular formula is C14H19N3O. The van der Waals surface area contributed by atoms with Gasteiger partial charge in [-0.25, -0.2) is 0 Å². The lowest BCUT2D eigenvalue weighted by molar-refractivity contribution is 0.0937. The van der Waals surface area contributed by atoms with Gasteiger partial charge in [0.2, 0.25) is 0 Å². The number of ether oxygens (including phenoxy) is 1. The summed E-state index contributed by atoms with van der Waals surface area (Å²) >= 11 is 0. The Morgan fingerprint density at radius 2 is 2.06 bits per heavy atom. The van der Waals surface area contributed by atoms with Crippen LogP contribution in [0, 0.1) is 0 Å². The molecule has 1 fully saturated rings. The Morgan fingerprint density at radius 3 is 2.72 bits per heavy atom. The number of hydrogen-bond donors (Lipinski definition) is 0. The first-order valence-corrected chi connectivity index (χ1v) is 6.55. The number of nitrogens with zero attached hydrogens (tertiary/aromatic N) is 3. The molecule has 2 rings (SSSR count). The topological polar surface area (TPSA) is 58.0 Å². The number of azide groups is 1. The molecule has 0 bridgehead atoms. The molecule has 0 atom stereocenters. The molecule has 0 radical (unpaired) electrons. The highest BCUT2D eigenvalue weighted by molar-refractivity contribution is 5.50. The highest BCUT2D eigenvalue weighted by Crippen LogP contribution is 2.44. The van der Waals surface area contributed by atoms with Gasteiger partial charge in [0.15, 0.2) is 0 Å². The van der Waals surface area contributed by atoms with Crippen LogP contribution in [0.25, 0.3) is 10.4 Å².